The van der Waals surface area contributed by atoms with E-state index in [4.69, 9.17) is 5.10 Å². The quantitative estimate of drug-likeness (QED) is 0.126. The van der Waals surface area contributed by atoms with Crippen LogP contribution >= 0.6 is 0 Å². The van der Waals surface area contributed by atoms with Gasteiger partial charge < -0.3 is 10.2 Å². The molecule has 3 rings (SSSR count). The molecule has 43 heavy (non-hydrogen) atoms. The second-order valence-corrected chi connectivity index (χ2v) is 11.5. The van der Waals surface area contributed by atoms with Crippen molar-refractivity contribution in [2.24, 2.45) is 0 Å². The van der Waals surface area contributed by atoms with Crippen LogP contribution in [-0.4, -0.2) is 39.6 Å². The van der Waals surface area contributed by atoms with Crippen molar-refractivity contribution in [1.82, 2.24) is 14.7 Å². The van der Waals surface area contributed by atoms with Gasteiger partial charge in [-0.3, -0.25) is 9.59 Å². The number of nitrogens with zero attached hydrogens (tertiary/aromatic N) is 3. The van der Waals surface area contributed by atoms with E-state index in [1.54, 1.807) is 21.7 Å². The summed E-state index contributed by atoms with van der Waals surface area (Å²) in [6.45, 7) is 4.95. The molecule has 234 valence electrons. The lowest BCUT2D eigenvalue weighted by Crippen LogP contribution is -2.38. The SMILES string of the molecule is CCCCCCCCCCCCCC(=O)N(CCCCC)CC(=O)Nc1cc(-c2ccccc2)nn1-c1ccc(F)cc1. The summed E-state index contributed by atoms with van der Waals surface area (Å²) in [4.78, 5) is 28.2. The van der Waals surface area contributed by atoms with Gasteiger partial charge in [0.25, 0.3) is 0 Å². The third-order valence-electron chi connectivity index (χ3n) is 7.83. The Labute approximate surface area is 258 Å². The highest BCUT2D eigenvalue weighted by atomic mass is 19.1. The summed E-state index contributed by atoms with van der Waals surface area (Å²) in [6.07, 6.45) is 17.0. The minimum Gasteiger partial charge on any atom is -0.333 e. The van der Waals surface area contributed by atoms with E-state index < -0.39 is 0 Å². The molecular weight excluding hydrogens is 539 g/mol. The number of halogens is 1. The van der Waals surface area contributed by atoms with Gasteiger partial charge in [-0.05, 0) is 37.1 Å². The molecule has 0 aliphatic rings. The number of nitrogens with one attached hydrogen (secondary N) is 1. The van der Waals surface area contributed by atoms with Crippen LogP contribution in [0.2, 0.25) is 0 Å². The van der Waals surface area contributed by atoms with Crippen LogP contribution < -0.4 is 5.32 Å². The Balaban J connectivity index is 1.56. The van der Waals surface area contributed by atoms with Crippen molar-refractivity contribution in [3.63, 3.8) is 0 Å². The number of anilines is 1. The standard InChI is InChI=1S/C36H51FN4O2/c1-3-5-7-8-9-10-11-12-13-14-18-22-36(43)40(27-19-6-4-2)29-35(42)38-34-28-33(30-20-16-15-17-21-30)39-41(34)32-25-23-31(37)24-26-32/h15-17,20-21,23-26,28H,3-14,18-19,22,27,29H2,1-2H3,(H,38,42). The normalized spacial score (nSPS) is 11.0. The lowest BCUT2D eigenvalue weighted by atomic mass is 10.1. The Hall–Kier alpha value is -3.48. The van der Waals surface area contributed by atoms with Crippen molar-refractivity contribution in [2.75, 3.05) is 18.4 Å². The molecular formula is C36H51FN4O2. The molecule has 0 saturated carbocycles. The van der Waals surface area contributed by atoms with Gasteiger partial charge in [0, 0.05) is 24.6 Å². The van der Waals surface area contributed by atoms with Crippen molar-refractivity contribution < 1.29 is 14.0 Å². The molecule has 0 radical (unpaired) electrons. The third-order valence-corrected chi connectivity index (χ3v) is 7.83. The summed E-state index contributed by atoms with van der Waals surface area (Å²) in [6, 6.07) is 17.5. The average Bonchev–Trinajstić information content (AvgIpc) is 3.43. The molecule has 0 bridgehead atoms. The predicted molar refractivity (Wildman–Crippen MR) is 175 cm³/mol. The minimum atomic E-state index is -0.344. The molecule has 0 aliphatic heterocycles. The van der Waals surface area contributed by atoms with E-state index in [1.165, 1.54) is 63.5 Å². The number of amides is 2. The van der Waals surface area contributed by atoms with Gasteiger partial charge in [0.1, 0.15) is 11.6 Å². The molecule has 2 aromatic carbocycles. The van der Waals surface area contributed by atoms with Gasteiger partial charge in [-0.15, -0.1) is 0 Å². The molecule has 2 amide bonds. The molecule has 1 aromatic heterocycles. The zero-order chi connectivity index (χ0) is 30.7. The van der Waals surface area contributed by atoms with Crippen LogP contribution in [0.5, 0.6) is 0 Å². The zero-order valence-corrected chi connectivity index (χ0v) is 26.3. The summed E-state index contributed by atoms with van der Waals surface area (Å²) in [5, 5.41) is 7.68. The number of hydrogen-bond donors (Lipinski definition) is 1. The molecule has 0 saturated heterocycles. The predicted octanol–water partition coefficient (Wildman–Crippen LogP) is 9.34. The van der Waals surface area contributed by atoms with Crippen molar-refractivity contribution in [1.29, 1.82) is 0 Å². The highest BCUT2D eigenvalue weighted by Crippen LogP contribution is 2.25. The number of aromatic nitrogens is 2. The van der Waals surface area contributed by atoms with E-state index in [-0.39, 0.29) is 24.2 Å². The molecule has 3 aromatic rings. The van der Waals surface area contributed by atoms with Gasteiger partial charge in [0.15, 0.2) is 0 Å². The van der Waals surface area contributed by atoms with Gasteiger partial charge in [-0.25, -0.2) is 9.07 Å². The summed E-state index contributed by atoms with van der Waals surface area (Å²) < 4.78 is 15.2. The monoisotopic (exact) mass is 590 g/mol. The van der Waals surface area contributed by atoms with Crippen LogP contribution in [0.1, 0.15) is 110 Å². The number of benzene rings is 2. The summed E-state index contributed by atoms with van der Waals surface area (Å²) >= 11 is 0. The van der Waals surface area contributed by atoms with Crippen LogP contribution in [0, 0.1) is 5.82 Å². The second-order valence-electron chi connectivity index (χ2n) is 11.5. The third kappa shape index (κ3) is 12.3. The van der Waals surface area contributed by atoms with Crippen LogP contribution in [0.4, 0.5) is 10.2 Å². The molecule has 1 N–H and O–H groups in total. The van der Waals surface area contributed by atoms with Crippen LogP contribution in [0.3, 0.4) is 0 Å². The van der Waals surface area contributed by atoms with Crippen molar-refractivity contribution in [3.05, 3.63) is 66.5 Å². The Bertz CT molecular complexity index is 1210. The first-order valence-corrected chi connectivity index (χ1v) is 16.5. The van der Waals surface area contributed by atoms with Crippen LogP contribution in [0.25, 0.3) is 16.9 Å². The highest BCUT2D eigenvalue weighted by Gasteiger charge is 2.19. The van der Waals surface area contributed by atoms with Crippen LogP contribution in [0.15, 0.2) is 60.7 Å². The second kappa shape index (κ2) is 19.7. The van der Waals surface area contributed by atoms with Crippen molar-refractivity contribution in [2.45, 2.75) is 110 Å². The Kier molecular flexibility index (Phi) is 15.6. The number of hydrogen-bond acceptors (Lipinski definition) is 3. The lowest BCUT2D eigenvalue weighted by molar-refractivity contribution is -0.134. The minimum absolute atomic E-state index is 0.00412. The lowest BCUT2D eigenvalue weighted by Gasteiger charge is -2.22. The molecule has 1 heterocycles. The smallest absolute Gasteiger partial charge is 0.245 e. The molecule has 6 nitrogen and oxygen atoms in total. The first kappa shape index (κ1) is 34.0. The van der Waals surface area contributed by atoms with Crippen molar-refractivity contribution in [3.8, 4) is 16.9 Å². The molecule has 0 atom stereocenters. The van der Waals surface area contributed by atoms with E-state index in [0.29, 0.717) is 30.2 Å². The maximum atomic E-state index is 13.6. The van der Waals surface area contributed by atoms with Gasteiger partial charge in [0.2, 0.25) is 11.8 Å². The molecule has 7 heteroatoms. The fraction of sp³-hybridized carbons (Fsp3) is 0.528. The summed E-state index contributed by atoms with van der Waals surface area (Å²) in [5.41, 5.74) is 2.22. The Morgan fingerprint density at radius 2 is 1.35 bits per heavy atom. The highest BCUT2D eigenvalue weighted by molar-refractivity contribution is 5.94. The van der Waals surface area contributed by atoms with Gasteiger partial charge in [-0.1, -0.05) is 121 Å². The number of unbranched alkanes of at least 4 members (excludes halogenated alkanes) is 12. The number of carbonyl (C=O) groups is 2. The molecule has 0 spiro atoms. The van der Waals surface area contributed by atoms with Gasteiger partial charge in [-0.2, -0.15) is 5.10 Å². The van der Waals surface area contributed by atoms with E-state index in [2.05, 4.69) is 19.2 Å². The summed E-state index contributed by atoms with van der Waals surface area (Å²) in [5.74, 6) is -0.101. The topological polar surface area (TPSA) is 67.2 Å². The van der Waals surface area contributed by atoms with E-state index >= 15 is 0 Å². The molecule has 0 aliphatic carbocycles. The Morgan fingerprint density at radius 1 is 0.767 bits per heavy atom. The Morgan fingerprint density at radius 3 is 1.98 bits per heavy atom. The first-order valence-electron chi connectivity index (χ1n) is 16.5. The fourth-order valence-electron chi connectivity index (χ4n) is 5.30. The van der Waals surface area contributed by atoms with E-state index in [9.17, 15) is 14.0 Å². The zero-order valence-electron chi connectivity index (χ0n) is 26.3. The van der Waals surface area contributed by atoms with E-state index in [0.717, 1.165) is 44.1 Å². The van der Waals surface area contributed by atoms with Crippen molar-refractivity contribution >= 4 is 17.6 Å². The van der Waals surface area contributed by atoms with Crippen LogP contribution in [-0.2, 0) is 9.59 Å². The van der Waals surface area contributed by atoms with E-state index in [1.807, 2.05) is 36.4 Å². The maximum absolute atomic E-state index is 13.6. The van der Waals surface area contributed by atoms with Gasteiger partial charge >= 0.3 is 0 Å². The molecule has 0 unspecified atom stereocenters. The fourth-order valence-corrected chi connectivity index (χ4v) is 5.30. The summed E-state index contributed by atoms with van der Waals surface area (Å²) in [7, 11) is 0. The maximum Gasteiger partial charge on any atom is 0.245 e. The molecule has 0 fully saturated rings. The largest absolute Gasteiger partial charge is 0.333 e. The first-order chi connectivity index (χ1) is 21.0. The number of rotatable bonds is 21. The number of carbonyl (C=O) groups excluding carboxylic acids is 2. The average molecular weight is 591 g/mol. The van der Waals surface area contributed by atoms with Gasteiger partial charge in [0.05, 0.1) is 17.9 Å².